The quantitative estimate of drug-likeness (QED) is 0.529. The predicted octanol–water partition coefficient (Wildman–Crippen LogP) is 3.47. The van der Waals surface area contributed by atoms with Crippen LogP contribution in [-0.2, 0) is 0 Å². The normalized spacial score (nSPS) is 15.5. The largest absolute Gasteiger partial charge is 0.120 e. The number of terminal acetylenes is 1. The lowest BCUT2D eigenvalue weighted by molar-refractivity contribution is 0.444. The van der Waals surface area contributed by atoms with Crippen LogP contribution in [0, 0.1) is 24.2 Å². The van der Waals surface area contributed by atoms with Gasteiger partial charge in [0.25, 0.3) is 0 Å². The van der Waals surface area contributed by atoms with Gasteiger partial charge in [-0.15, -0.1) is 12.3 Å². The summed E-state index contributed by atoms with van der Waals surface area (Å²) < 4.78 is 0. The zero-order valence-corrected chi connectivity index (χ0v) is 8.06. The standard InChI is InChI=1S/C11H20/c1-5-7-11(4)9-8-10(3)6-2/h2,10-11H,5,7-9H2,1,3-4H3. The Morgan fingerprint density at radius 3 is 2.27 bits per heavy atom. The molecule has 0 nitrogen and oxygen atoms in total. The third-order valence-corrected chi connectivity index (χ3v) is 2.16. The van der Waals surface area contributed by atoms with Gasteiger partial charge in [-0.1, -0.05) is 33.6 Å². The van der Waals surface area contributed by atoms with Gasteiger partial charge in [-0.05, 0) is 18.8 Å². The first kappa shape index (κ1) is 10.6. The Hall–Kier alpha value is -0.440. The van der Waals surface area contributed by atoms with Crippen molar-refractivity contribution in [3.05, 3.63) is 0 Å². The summed E-state index contributed by atoms with van der Waals surface area (Å²) in [5.74, 6) is 4.09. The molecule has 2 atom stereocenters. The summed E-state index contributed by atoms with van der Waals surface area (Å²) in [5, 5.41) is 0. The van der Waals surface area contributed by atoms with Gasteiger partial charge in [-0.3, -0.25) is 0 Å². The molecule has 0 aromatic heterocycles. The lowest BCUT2D eigenvalue weighted by Crippen LogP contribution is -1.98. The van der Waals surface area contributed by atoms with Crippen LogP contribution in [0.15, 0.2) is 0 Å². The average molecular weight is 152 g/mol. The zero-order chi connectivity index (χ0) is 8.69. The Labute approximate surface area is 71.4 Å². The van der Waals surface area contributed by atoms with Crippen LogP contribution in [0.25, 0.3) is 0 Å². The molecule has 0 fully saturated rings. The molecule has 2 unspecified atom stereocenters. The minimum atomic E-state index is 0.467. The fraction of sp³-hybridized carbons (Fsp3) is 0.818. The van der Waals surface area contributed by atoms with E-state index in [-0.39, 0.29) is 0 Å². The lowest BCUT2D eigenvalue weighted by atomic mass is 9.95. The summed E-state index contributed by atoms with van der Waals surface area (Å²) in [6.07, 6.45) is 10.4. The van der Waals surface area contributed by atoms with E-state index in [1.165, 1.54) is 25.7 Å². The van der Waals surface area contributed by atoms with Crippen LogP contribution in [0.4, 0.5) is 0 Å². The molecule has 0 bridgehead atoms. The molecule has 0 aliphatic heterocycles. The molecule has 0 N–H and O–H groups in total. The fourth-order valence-electron chi connectivity index (χ4n) is 1.25. The molecule has 64 valence electrons. The summed E-state index contributed by atoms with van der Waals surface area (Å²) in [6.45, 7) is 6.67. The van der Waals surface area contributed by atoms with Gasteiger partial charge >= 0.3 is 0 Å². The molecular formula is C11H20. The molecule has 0 radical (unpaired) electrons. The smallest absolute Gasteiger partial charge is 0.0172 e. The highest BCUT2D eigenvalue weighted by Gasteiger charge is 2.02. The maximum absolute atomic E-state index is 5.28. The van der Waals surface area contributed by atoms with Crippen molar-refractivity contribution >= 4 is 0 Å². The minimum Gasteiger partial charge on any atom is -0.120 e. The van der Waals surface area contributed by atoms with Crippen molar-refractivity contribution < 1.29 is 0 Å². The molecule has 0 heteroatoms. The molecule has 0 saturated heterocycles. The van der Waals surface area contributed by atoms with Crippen molar-refractivity contribution in [1.29, 1.82) is 0 Å². The first-order chi connectivity index (χ1) is 5.20. The topological polar surface area (TPSA) is 0 Å². The molecule has 0 aliphatic rings. The molecule has 0 aliphatic carbocycles. The van der Waals surface area contributed by atoms with Crippen molar-refractivity contribution in [1.82, 2.24) is 0 Å². The van der Waals surface area contributed by atoms with Gasteiger partial charge in [0.2, 0.25) is 0 Å². The molecule has 0 aromatic carbocycles. The molecule has 0 rings (SSSR count). The van der Waals surface area contributed by atoms with Gasteiger partial charge in [0, 0.05) is 5.92 Å². The zero-order valence-electron chi connectivity index (χ0n) is 8.06. The highest BCUT2D eigenvalue weighted by Crippen LogP contribution is 2.15. The molecule has 11 heavy (non-hydrogen) atoms. The lowest BCUT2D eigenvalue weighted by Gasteiger charge is -2.10. The minimum absolute atomic E-state index is 0.467. The van der Waals surface area contributed by atoms with Crippen LogP contribution in [0.2, 0.25) is 0 Å². The number of rotatable bonds is 5. The van der Waals surface area contributed by atoms with E-state index in [1.807, 2.05) is 0 Å². The van der Waals surface area contributed by atoms with Crippen molar-refractivity contribution in [3.8, 4) is 12.3 Å². The van der Waals surface area contributed by atoms with Gasteiger partial charge in [0.1, 0.15) is 0 Å². The third-order valence-electron chi connectivity index (χ3n) is 2.16. The monoisotopic (exact) mass is 152 g/mol. The van der Waals surface area contributed by atoms with Crippen LogP contribution in [0.5, 0.6) is 0 Å². The Bertz CT molecular complexity index is 118. The number of hydrogen-bond donors (Lipinski definition) is 0. The van der Waals surface area contributed by atoms with E-state index in [4.69, 9.17) is 6.42 Å². The van der Waals surface area contributed by atoms with Gasteiger partial charge in [0.05, 0.1) is 0 Å². The Morgan fingerprint density at radius 2 is 1.82 bits per heavy atom. The number of hydrogen-bond acceptors (Lipinski definition) is 0. The first-order valence-corrected chi connectivity index (χ1v) is 4.66. The third kappa shape index (κ3) is 5.98. The highest BCUT2D eigenvalue weighted by molar-refractivity contribution is 4.90. The van der Waals surface area contributed by atoms with Crippen LogP contribution >= 0.6 is 0 Å². The molecule has 0 heterocycles. The maximum atomic E-state index is 5.28. The van der Waals surface area contributed by atoms with E-state index >= 15 is 0 Å². The van der Waals surface area contributed by atoms with E-state index in [2.05, 4.69) is 26.7 Å². The van der Waals surface area contributed by atoms with Crippen LogP contribution < -0.4 is 0 Å². The predicted molar refractivity (Wildman–Crippen MR) is 51.3 cm³/mol. The van der Waals surface area contributed by atoms with Crippen LogP contribution in [-0.4, -0.2) is 0 Å². The molecular weight excluding hydrogens is 132 g/mol. The van der Waals surface area contributed by atoms with Crippen molar-refractivity contribution in [3.63, 3.8) is 0 Å². The molecule has 0 amide bonds. The molecule has 0 saturated carbocycles. The van der Waals surface area contributed by atoms with Crippen LogP contribution in [0.1, 0.15) is 46.5 Å². The average Bonchev–Trinajstić information content (AvgIpc) is 2.01. The highest BCUT2D eigenvalue weighted by atomic mass is 14.1. The Balaban J connectivity index is 3.31. The first-order valence-electron chi connectivity index (χ1n) is 4.66. The second-order valence-electron chi connectivity index (χ2n) is 3.54. The second-order valence-corrected chi connectivity index (χ2v) is 3.54. The van der Waals surface area contributed by atoms with Crippen LogP contribution in [0.3, 0.4) is 0 Å². The van der Waals surface area contributed by atoms with E-state index in [9.17, 15) is 0 Å². The van der Waals surface area contributed by atoms with E-state index in [0.29, 0.717) is 5.92 Å². The van der Waals surface area contributed by atoms with Gasteiger partial charge < -0.3 is 0 Å². The van der Waals surface area contributed by atoms with E-state index < -0.39 is 0 Å². The van der Waals surface area contributed by atoms with E-state index in [0.717, 1.165) is 5.92 Å². The SMILES string of the molecule is C#CC(C)CCC(C)CCC. The molecule has 0 aromatic rings. The fourth-order valence-corrected chi connectivity index (χ4v) is 1.25. The Kier molecular flexibility index (Phi) is 6.03. The van der Waals surface area contributed by atoms with Gasteiger partial charge in [-0.2, -0.15) is 0 Å². The van der Waals surface area contributed by atoms with Gasteiger partial charge in [0.15, 0.2) is 0 Å². The molecule has 0 spiro atoms. The Morgan fingerprint density at radius 1 is 1.18 bits per heavy atom. The summed E-state index contributed by atoms with van der Waals surface area (Å²) >= 11 is 0. The second kappa shape index (κ2) is 6.28. The van der Waals surface area contributed by atoms with Crippen molar-refractivity contribution in [2.45, 2.75) is 46.5 Å². The van der Waals surface area contributed by atoms with Crippen molar-refractivity contribution in [2.75, 3.05) is 0 Å². The van der Waals surface area contributed by atoms with Gasteiger partial charge in [-0.25, -0.2) is 0 Å². The van der Waals surface area contributed by atoms with E-state index in [1.54, 1.807) is 0 Å². The summed E-state index contributed by atoms with van der Waals surface area (Å²) in [4.78, 5) is 0. The van der Waals surface area contributed by atoms with Crippen molar-refractivity contribution in [2.24, 2.45) is 11.8 Å². The summed E-state index contributed by atoms with van der Waals surface area (Å²) in [7, 11) is 0. The summed E-state index contributed by atoms with van der Waals surface area (Å²) in [5.41, 5.74) is 0. The summed E-state index contributed by atoms with van der Waals surface area (Å²) in [6, 6.07) is 0. The maximum Gasteiger partial charge on any atom is 0.0172 e.